The molecule has 0 bridgehead atoms. The maximum Gasteiger partial charge on any atom is 0.253 e. The molecule has 2 saturated heterocycles. The third-order valence-corrected chi connectivity index (χ3v) is 4.70. The lowest BCUT2D eigenvalue weighted by molar-refractivity contribution is -0.147. The van der Waals surface area contributed by atoms with E-state index in [1.807, 2.05) is 23.1 Å². The summed E-state index contributed by atoms with van der Waals surface area (Å²) in [5.41, 5.74) is 1.15. The average Bonchev–Trinajstić information content (AvgIpc) is 2.68. The smallest absolute Gasteiger partial charge is 0.253 e. The summed E-state index contributed by atoms with van der Waals surface area (Å²) in [6.45, 7) is 6.03. The zero-order valence-corrected chi connectivity index (χ0v) is 15.0. The molecule has 1 atom stereocenters. The van der Waals surface area contributed by atoms with E-state index in [9.17, 15) is 4.79 Å². The Balaban J connectivity index is 1.53. The van der Waals surface area contributed by atoms with Crippen molar-refractivity contribution in [1.82, 2.24) is 15.1 Å². The summed E-state index contributed by atoms with van der Waals surface area (Å²) >= 11 is 0. The molecular formula is C18H27N3O4. The summed E-state index contributed by atoms with van der Waals surface area (Å²) in [6.07, 6.45) is -0.331. The molecule has 1 N–H and O–H groups in total. The van der Waals surface area contributed by atoms with E-state index in [0.717, 1.165) is 56.3 Å². The predicted octanol–water partition coefficient (Wildman–Crippen LogP) is 0.336. The van der Waals surface area contributed by atoms with Gasteiger partial charge in [-0.25, -0.2) is 0 Å². The van der Waals surface area contributed by atoms with Gasteiger partial charge in [-0.15, -0.1) is 0 Å². The quantitative estimate of drug-likeness (QED) is 0.827. The Labute approximate surface area is 148 Å². The van der Waals surface area contributed by atoms with E-state index in [1.165, 1.54) is 0 Å². The molecule has 2 aliphatic rings. The highest BCUT2D eigenvalue weighted by Crippen LogP contribution is 2.23. The molecular weight excluding hydrogens is 322 g/mol. The number of hydrogen-bond acceptors (Lipinski definition) is 6. The van der Waals surface area contributed by atoms with Gasteiger partial charge in [0, 0.05) is 51.9 Å². The molecule has 2 heterocycles. The van der Waals surface area contributed by atoms with Gasteiger partial charge >= 0.3 is 0 Å². The van der Waals surface area contributed by atoms with Gasteiger partial charge in [-0.05, 0) is 17.7 Å². The van der Waals surface area contributed by atoms with Gasteiger partial charge in [-0.2, -0.15) is 0 Å². The second-order valence-corrected chi connectivity index (χ2v) is 6.39. The van der Waals surface area contributed by atoms with Crippen LogP contribution in [-0.4, -0.2) is 81.9 Å². The molecule has 7 nitrogen and oxygen atoms in total. The number of morpholine rings is 1. The van der Waals surface area contributed by atoms with E-state index in [2.05, 4.69) is 10.2 Å². The highest BCUT2D eigenvalue weighted by Gasteiger charge is 2.29. The minimum Gasteiger partial charge on any atom is -0.497 e. The van der Waals surface area contributed by atoms with E-state index in [1.54, 1.807) is 14.2 Å². The van der Waals surface area contributed by atoms with Crippen LogP contribution in [0.5, 0.6) is 11.5 Å². The number of rotatable bonds is 5. The van der Waals surface area contributed by atoms with Gasteiger partial charge in [0.05, 0.1) is 20.8 Å². The van der Waals surface area contributed by atoms with Crippen LogP contribution in [0.15, 0.2) is 18.2 Å². The summed E-state index contributed by atoms with van der Waals surface area (Å²) < 4.78 is 16.2. The number of carbonyl (C=O) groups is 1. The van der Waals surface area contributed by atoms with E-state index < -0.39 is 0 Å². The van der Waals surface area contributed by atoms with Gasteiger partial charge in [0.1, 0.15) is 17.6 Å². The molecule has 0 aliphatic carbocycles. The molecule has 1 aromatic rings. The summed E-state index contributed by atoms with van der Waals surface area (Å²) in [7, 11) is 3.32. The molecule has 0 saturated carbocycles. The van der Waals surface area contributed by atoms with E-state index >= 15 is 0 Å². The number of piperazine rings is 1. The molecule has 3 rings (SSSR count). The van der Waals surface area contributed by atoms with Gasteiger partial charge < -0.3 is 24.4 Å². The third-order valence-electron chi connectivity index (χ3n) is 4.70. The first-order valence-corrected chi connectivity index (χ1v) is 8.75. The monoisotopic (exact) mass is 349 g/mol. The van der Waals surface area contributed by atoms with Crippen molar-refractivity contribution < 1.29 is 19.0 Å². The number of ether oxygens (including phenoxy) is 3. The molecule has 25 heavy (non-hydrogen) atoms. The Morgan fingerprint density at radius 3 is 2.40 bits per heavy atom. The predicted molar refractivity (Wildman–Crippen MR) is 94.0 cm³/mol. The van der Waals surface area contributed by atoms with Crippen molar-refractivity contribution in [3.63, 3.8) is 0 Å². The molecule has 1 aromatic carbocycles. The lowest BCUT2D eigenvalue weighted by Crippen LogP contribution is -2.54. The van der Waals surface area contributed by atoms with Crippen molar-refractivity contribution in [2.45, 2.75) is 12.6 Å². The maximum atomic E-state index is 12.5. The Bertz CT molecular complexity index is 559. The Morgan fingerprint density at radius 1 is 1.16 bits per heavy atom. The largest absolute Gasteiger partial charge is 0.497 e. The normalized spacial score (nSPS) is 21.8. The molecule has 1 amide bonds. The molecule has 2 fully saturated rings. The summed E-state index contributed by atoms with van der Waals surface area (Å²) in [6, 6.07) is 5.93. The maximum absolute atomic E-state index is 12.5. The highest BCUT2D eigenvalue weighted by molar-refractivity contribution is 5.81. The number of carbonyl (C=O) groups excluding carboxylic acids is 1. The molecule has 0 aromatic heterocycles. The van der Waals surface area contributed by atoms with Gasteiger partial charge in [-0.3, -0.25) is 9.69 Å². The van der Waals surface area contributed by atoms with Gasteiger partial charge in [0.25, 0.3) is 5.91 Å². The van der Waals surface area contributed by atoms with E-state index in [-0.39, 0.29) is 12.0 Å². The second-order valence-electron chi connectivity index (χ2n) is 6.39. The van der Waals surface area contributed by atoms with Crippen LogP contribution < -0.4 is 14.8 Å². The van der Waals surface area contributed by atoms with Crippen LogP contribution in [-0.2, 0) is 16.1 Å². The van der Waals surface area contributed by atoms with Crippen LogP contribution in [0.25, 0.3) is 0 Å². The minimum atomic E-state index is -0.331. The van der Waals surface area contributed by atoms with E-state index in [4.69, 9.17) is 14.2 Å². The van der Waals surface area contributed by atoms with Crippen molar-refractivity contribution >= 4 is 5.91 Å². The van der Waals surface area contributed by atoms with Gasteiger partial charge in [0.2, 0.25) is 0 Å². The lowest BCUT2D eigenvalue weighted by atomic mass is 10.1. The second kappa shape index (κ2) is 8.51. The summed E-state index contributed by atoms with van der Waals surface area (Å²) in [4.78, 5) is 16.8. The van der Waals surface area contributed by atoms with Crippen LogP contribution in [0, 0.1) is 0 Å². The van der Waals surface area contributed by atoms with Crippen molar-refractivity contribution in [1.29, 1.82) is 0 Å². The molecule has 1 unspecified atom stereocenters. The number of nitrogens with zero attached hydrogens (tertiary/aromatic N) is 2. The molecule has 0 radical (unpaired) electrons. The van der Waals surface area contributed by atoms with Gasteiger partial charge in [0.15, 0.2) is 0 Å². The number of hydrogen-bond donors (Lipinski definition) is 1. The van der Waals surface area contributed by atoms with Gasteiger partial charge in [-0.1, -0.05) is 0 Å². The minimum absolute atomic E-state index is 0.106. The third kappa shape index (κ3) is 4.62. The van der Waals surface area contributed by atoms with Crippen molar-refractivity contribution in [3.05, 3.63) is 23.8 Å². The molecule has 138 valence electrons. The summed E-state index contributed by atoms with van der Waals surface area (Å²) in [5, 5.41) is 3.21. The first-order chi connectivity index (χ1) is 12.2. The van der Waals surface area contributed by atoms with Crippen LogP contribution in [0.4, 0.5) is 0 Å². The Morgan fingerprint density at radius 2 is 1.84 bits per heavy atom. The fourth-order valence-electron chi connectivity index (χ4n) is 3.27. The molecule has 0 spiro atoms. The SMILES string of the molecule is COc1cc(CN2CCN(C(=O)C3CNCCO3)CC2)cc(OC)c1. The number of amides is 1. The first-order valence-electron chi connectivity index (χ1n) is 8.75. The van der Waals surface area contributed by atoms with Crippen molar-refractivity contribution in [2.24, 2.45) is 0 Å². The first kappa shape index (κ1) is 18.0. The lowest BCUT2D eigenvalue weighted by Gasteiger charge is -2.37. The molecule has 7 heteroatoms. The van der Waals surface area contributed by atoms with Crippen LogP contribution in [0.1, 0.15) is 5.56 Å². The van der Waals surface area contributed by atoms with E-state index in [0.29, 0.717) is 13.2 Å². The van der Waals surface area contributed by atoms with Crippen molar-refractivity contribution in [2.75, 3.05) is 60.1 Å². The fraction of sp³-hybridized carbons (Fsp3) is 0.611. The fourth-order valence-corrected chi connectivity index (χ4v) is 3.27. The Kier molecular flexibility index (Phi) is 6.12. The number of nitrogens with one attached hydrogen (secondary N) is 1. The molecule has 2 aliphatic heterocycles. The zero-order chi connectivity index (χ0) is 17.6. The number of methoxy groups -OCH3 is 2. The van der Waals surface area contributed by atoms with Crippen molar-refractivity contribution in [3.8, 4) is 11.5 Å². The average molecular weight is 349 g/mol. The standard InChI is InChI=1S/C18H27N3O4/c1-23-15-9-14(10-16(11-15)24-2)13-20-4-6-21(7-5-20)18(22)17-12-19-3-8-25-17/h9-11,17,19H,3-8,12-13H2,1-2H3. The van der Waals surface area contributed by atoms with Crippen LogP contribution >= 0.6 is 0 Å². The zero-order valence-electron chi connectivity index (χ0n) is 15.0. The topological polar surface area (TPSA) is 63.3 Å². The Hall–Kier alpha value is -1.83. The summed E-state index contributed by atoms with van der Waals surface area (Å²) in [5.74, 6) is 1.70. The highest BCUT2D eigenvalue weighted by atomic mass is 16.5. The number of benzene rings is 1. The van der Waals surface area contributed by atoms with Crippen LogP contribution in [0.2, 0.25) is 0 Å². The van der Waals surface area contributed by atoms with Crippen LogP contribution in [0.3, 0.4) is 0 Å².